The monoisotopic (exact) mass is 410 g/mol. The standard InChI is InChI=1S/C12H16.C7H10.2C3H8.2H3P/c1-3-6-11-8-5-9-12(10-11)7-4-2;1-3-5-7-6-4-2;2*1-3-2;;/h3-4,6-7,10H,1,5,8-9H2,2H3;3-7H,1H2,2H3;2*3H2,1-2H3;2*1H3/b7-4+,11-6+;6-4+,7-5+;;;;. The second kappa shape index (κ2) is 36.0. The van der Waals surface area contributed by atoms with Gasteiger partial charge in [0.25, 0.3) is 0 Å². The third-order valence-corrected chi connectivity index (χ3v) is 2.57. The van der Waals surface area contributed by atoms with E-state index in [-0.39, 0.29) is 19.8 Å². The van der Waals surface area contributed by atoms with Crippen molar-refractivity contribution in [2.45, 2.75) is 73.6 Å². The van der Waals surface area contributed by atoms with E-state index in [1.807, 2.05) is 37.3 Å². The summed E-state index contributed by atoms with van der Waals surface area (Å²) in [4.78, 5) is 0. The molecule has 0 N–H and O–H groups in total. The summed E-state index contributed by atoms with van der Waals surface area (Å²) in [7, 11) is 0. The summed E-state index contributed by atoms with van der Waals surface area (Å²) in [5, 5.41) is 0. The van der Waals surface area contributed by atoms with Gasteiger partial charge in [-0.1, -0.05) is 114 Å². The van der Waals surface area contributed by atoms with Crippen LogP contribution in [0.2, 0.25) is 0 Å². The van der Waals surface area contributed by atoms with Crippen LogP contribution in [-0.4, -0.2) is 0 Å². The van der Waals surface area contributed by atoms with Crippen LogP contribution < -0.4 is 0 Å². The lowest BCUT2D eigenvalue weighted by Gasteiger charge is -2.11. The number of allylic oxidation sites excluding steroid dienone is 12. The third kappa shape index (κ3) is 36.7. The Balaban J connectivity index is -0.0000000929. The average molecular weight is 411 g/mol. The van der Waals surface area contributed by atoms with Crippen LogP contribution in [0.5, 0.6) is 0 Å². The molecule has 0 aliphatic heterocycles. The van der Waals surface area contributed by atoms with Crippen molar-refractivity contribution in [1.82, 2.24) is 0 Å². The van der Waals surface area contributed by atoms with Crippen LogP contribution in [0.15, 0.2) is 85.1 Å². The van der Waals surface area contributed by atoms with Gasteiger partial charge >= 0.3 is 0 Å². The highest BCUT2D eigenvalue weighted by Crippen LogP contribution is 2.22. The summed E-state index contributed by atoms with van der Waals surface area (Å²) in [6, 6.07) is 0. The maximum absolute atomic E-state index is 3.70. The molecule has 27 heavy (non-hydrogen) atoms. The Hall–Kier alpha value is -0.960. The molecule has 0 nitrogen and oxygen atoms in total. The van der Waals surface area contributed by atoms with E-state index in [0.717, 1.165) is 0 Å². The van der Waals surface area contributed by atoms with Gasteiger partial charge in [0.1, 0.15) is 0 Å². The van der Waals surface area contributed by atoms with Crippen molar-refractivity contribution in [2.75, 3.05) is 0 Å². The minimum absolute atomic E-state index is 0. The summed E-state index contributed by atoms with van der Waals surface area (Å²) >= 11 is 0. The largest absolute Gasteiger partial charge is 0.153 e. The van der Waals surface area contributed by atoms with Gasteiger partial charge in [-0.3, -0.25) is 0 Å². The van der Waals surface area contributed by atoms with Crippen molar-refractivity contribution in [3.8, 4) is 0 Å². The first kappa shape index (κ1) is 36.9. The molecule has 0 radical (unpaired) electrons. The first-order valence-electron chi connectivity index (χ1n) is 9.66. The molecule has 0 bridgehead atoms. The molecule has 2 atom stereocenters. The zero-order valence-electron chi connectivity index (χ0n) is 19.1. The first-order valence-corrected chi connectivity index (χ1v) is 9.66. The van der Waals surface area contributed by atoms with Crippen molar-refractivity contribution < 1.29 is 0 Å². The first-order chi connectivity index (χ1) is 12.1. The second-order valence-electron chi connectivity index (χ2n) is 5.61. The summed E-state index contributed by atoms with van der Waals surface area (Å²) in [6.07, 6.45) is 26.2. The van der Waals surface area contributed by atoms with Gasteiger partial charge < -0.3 is 0 Å². The minimum Gasteiger partial charge on any atom is -0.153 e. The van der Waals surface area contributed by atoms with E-state index in [0.29, 0.717) is 0 Å². The van der Waals surface area contributed by atoms with Gasteiger partial charge in [-0.25, -0.2) is 0 Å². The normalized spacial score (nSPS) is 13.7. The topological polar surface area (TPSA) is 0 Å². The van der Waals surface area contributed by atoms with Gasteiger partial charge in [-0.2, -0.15) is 19.8 Å². The maximum atomic E-state index is 3.70. The molecule has 2 heteroatoms. The highest BCUT2D eigenvalue weighted by molar-refractivity contribution is 6.92. The molecule has 2 unspecified atom stereocenters. The molecule has 0 aromatic heterocycles. The Morgan fingerprint density at radius 2 is 1.37 bits per heavy atom. The van der Waals surface area contributed by atoms with Crippen molar-refractivity contribution in [2.24, 2.45) is 0 Å². The maximum Gasteiger partial charge on any atom is -0.0276 e. The fourth-order valence-corrected chi connectivity index (χ4v) is 1.76. The van der Waals surface area contributed by atoms with E-state index in [1.165, 1.54) is 43.3 Å². The fourth-order valence-electron chi connectivity index (χ4n) is 1.76. The zero-order chi connectivity index (χ0) is 19.8. The SMILES string of the molecule is C=C/C=C/C=C/C.C=C/C=C1C=C(/C=C/C)CCC/1.CCC.CCC.P.P. The Morgan fingerprint density at radius 1 is 0.815 bits per heavy atom. The quantitative estimate of drug-likeness (QED) is 0.320. The third-order valence-electron chi connectivity index (χ3n) is 2.57. The van der Waals surface area contributed by atoms with Crippen molar-refractivity contribution in [1.29, 1.82) is 0 Å². The molecule has 158 valence electrons. The zero-order valence-corrected chi connectivity index (χ0v) is 22.0. The molecule has 0 amide bonds. The smallest absolute Gasteiger partial charge is 0.0276 e. The molecule has 0 fully saturated rings. The molecule has 0 aromatic carbocycles. The lowest BCUT2D eigenvalue weighted by Crippen LogP contribution is -1.91. The van der Waals surface area contributed by atoms with Crippen LogP contribution >= 0.6 is 19.8 Å². The predicted molar refractivity (Wildman–Crippen MR) is 143 cm³/mol. The van der Waals surface area contributed by atoms with Gasteiger partial charge in [0.05, 0.1) is 0 Å². The molecule has 0 spiro atoms. The minimum atomic E-state index is 0. The van der Waals surface area contributed by atoms with E-state index < -0.39 is 0 Å². The molecule has 0 saturated carbocycles. The lowest BCUT2D eigenvalue weighted by atomic mass is 9.95. The second-order valence-corrected chi connectivity index (χ2v) is 5.61. The average Bonchev–Trinajstić information content (AvgIpc) is 2.58. The van der Waals surface area contributed by atoms with E-state index in [4.69, 9.17) is 0 Å². The number of hydrogen-bond acceptors (Lipinski definition) is 0. The van der Waals surface area contributed by atoms with E-state index >= 15 is 0 Å². The van der Waals surface area contributed by atoms with Gasteiger partial charge in [-0.15, -0.1) is 0 Å². The summed E-state index contributed by atoms with van der Waals surface area (Å²) in [5.41, 5.74) is 2.85. The van der Waals surface area contributed by atoms with E-state index in [2.05, 4.69) is 72.1 Å². The molecule has 1 rings (SSSR count). The van der Waals surface area contributed by atoms with Crippen molar-refractivity contribution in [3.63, 3.8) is 0 Å². The van der Waals surface area contributed by atoms with E-state index in [9.17, 15) is 0 Å². The Labute approximate surface area is 178 Å². The van der Waals surface area contributed by atoms with E-state index in [1.54, 1.807) is 6.08 Å². The van der Waals surface area contributed by atoms with Gasteiger partial charge in [0.2, 0.25) is 0 Å². The van der Waals surface area contributed by atoms with Gasteiger partial charge in [-0.05, 0) is 44.3 Å². The van der Waals surface area contributed by atoms with Crippen molar-refractivity contribution >= 4 is 19.8 Å². The molecular formula is C25H48P2. The van der Waals surface area contributed by atoms with Crippen LogP contribution in [0.4, 0.5) is 0 Å². The predicted octanol–water partition coefficient (Wildman–Crippen LogP) is 9.04. The van der Waals surface area contributed by atoms with Crippen LogP contribution in [-0.2, 0) is 0 Å². The molecule has 0 heterocycles. The summed E-state index contributed by atoms with van der Waals surface area (Å²) in [5.74, 6) is 0. The Morgan fingerprint density at radius 3 is 1.78 bits per heavy atom. The highest BCUT2D eigenvalue weighted by Gasteiger charge is 2.03. The number of rotatable bonds is 4. The number of hydrogen-bond donors (Lipinski definition) is 0. The summed E-state index contributed by atoms with van der Waals surface area (Å²) < 4.78 is 0. The molecular weight excluding hydrogens is 362 g/mol. The molecule has 0 aromatic rings. The highest BCUT2D eigenvalue weighted by atomic mass is 31.0. The van der Waals surface area contributed by atoms with Crippen molar-refractivity contribution in [3.05, 3.63) is 85.1 Å². The summed E-state index contributed by atoms with van der Waals surface area (Å²) in [6.45, 7) is 19.8. The lowest BCUT2D eigenvalue weighted by molar-refractivity contribution is 0.797. The van der Waals surface area contributed by atoms with Crippen LogP contribution in [0, 0.1) is 0 Å². The molecule has 0 saturated heterocycles. The fraction of sp³-hybridized carbons (Fsp3) is 0.440. The van der Waals surface area contributed by atoms with Crippen LogP contribution in [0.25, 0.3) is 0 Å². The van der Waals surface area contributed by atoms with Gasteiger partial charge in [0.15, 0.2) is 0 Å². The molecule has 1 aliphatic carbocycles. The van der Waals surface area contributed by atoms with Gasteiger partial charge in [0, 0.05) is 0 Å². The van der Waals surface area contributed by atoms with Crippen LogP contribution in [0.1, 0.15) is 73.6 Å². The Kier molecular flexibility index (Phi) is 49.2. The van der Waals surface area contributed by atoms with Crippen LogP contribution in [0.3, 0.4) is 0 Å². The Bertz CT molecular complexity index is 433. The molecule has 1 aliphatic rings.